The van der Waals surface area contributed by atoms with Crippen molar-refractivity contribution in [3.8, 4) is 11.5 Å². The van der Waals surface area contributed by atoms with Crippen LogP contribution in [0.3, 0.4) is 0 Å². The molecule has 0 radical (unpaired) electrons. The van der Waals surface area contributed by atoms with Gasteiger partial charge in [0.15, 0.2) is 11.5 Å². The lowest BCUT2D eigenvalue weighted by Crippen LogP contribution is -2.22. The van der Waals surface area contributed by atoms with Gasteiger partial charge in [0, 0.05) is 10.0 Å². The molecular formula is C17H14BrF3N2O3. The Morgan fingerprint density at radius 1 is 1.15 bits per heavy atom. The number of halogens is 4. The molecule has 1 N–H and O–H groups in total. The summed E-state index contributed by atoms with van der Waals surface area (Å²) in [5.74, 6) is -0.0451. The van der Waals surface area contributed by atoms with Crippen molar-refractivity contribution in [3.63, 3.8) is 0 Å². The summed E-state index contributed by atoms with van der Waals surface area (Å²) in [6.07, 6.45) is -3.36. The summed E-state index contributed by atoms with van der Waals surface area (Å²) in [4.78, 5) is 12.0. The predicted octanol–water partition coefficient (Wildman–Crippen LogP) is 4.25. The van der Waals surface area contributed by atoms with E-state index >= 15 is 0 Å². The Hall–Kier alpha value is -2.55. The smallest absolute Gasteiger partial charge is 0.417 e. The first-order chi connectivity index (χ1) is 12.3. The molecule has 0 aromatic heterocycles. The monoisotopic (exact) mass is 430 g/mol. The van der Waals surface area contributed by atoms with Gasteiger partial charge in [0.25, 0.3) is 5.91 Å². The number of alkyl halides is 3. The fourth-order valence-corrected chi connectivity index (χ4v) is 2.54. The summed E-state index contributed by atoms with van der Waals surface area (Å²) < 4.78 is 49.8. The van der Waals surface area contributed by atoms with Crippen molar-refractivity contribution in [2.45, 2.75) is 6.18 Å². The van der Waals surface area contributed by atoms with E-state index in [1.165, 1.54) is 32.6 Å². The van der Waals surface area contributed by atoms with E-state index in [2.05, 4.69) is 26.5 Å². The molecule has 9 heteroatoms. The molecule has 0 unspecified atom stereocenters. The maximum absolute atomic E-state index is 13.0. The number of hydrogen-bond donors (Lipinski definition) is 1. The first-order valence-electron chi connectivity index (χ1n) is 7.19. The maximum Gasteiger partial charge on any atom is 0.417 e. The Kier molecular flexibility index (Phi) is 6.25. The fraction of sp³-hybridized carbons (Fsp3) is 0.176. The normalized spacial score (nSPS) is 11.5. The minimum absolute atomic E-state index is 0.436. The number of methoxy groups -OCH3 is 2. The minimum atomic E-state index is -4.63. The van der Waals surface area contributed by atoms with Gasteiger partial charge in [0.05, 0.1) is 31.6 Å². The minimum Gasteiger partial charge on any atom is -0.493 e. The molecule has 0 aliphatic rings. The number of nitrogens with zero attached hydrogens (tertiary/aromatic N) is 1. The molecule has 0 atom stereocenters. The van der Waals surface area contributed by atoms with Gasteiger partial charge in [-0.05, 0) is 40.2 Å². The Morgan fingerprint density at radius 3 is 2.38 bits per heavy atom. The molecule has 0 saturated carbocycles. The first-order valence-corrected chi connectivity index (χ1v) is 7.98. The van der Waals surface area contributed by atoms with Crippen molar-refractivity contribution in [1.82, 2.24) is 5.43 Å². The molecule has 5 nitrogen and oxygen atoms in total. The highest BCUT2D eigenvalue weighted by molar-refractivity contribution is 9.10. The van der Waals surface area contributed by atoms with Crippen LogP contribution in [0.25, 0.3) is 0 Å². The van der Waals surface area contributed by atoms with Gasteiger partial charge in [-0.1, -0.05) is 12.1 Å². The van der Waals surface area contributed by atoms with Gasteiger partial charge in [-0.15, -0.1) is 0 Å². The van der Waals surface area contributed by atoms with Gasteiger partial charge >= 0.3 is 6.18 Å². The van der Waals surface area contributed by atoms with E-state index in [0.29, 0.717) is 21.5 Å². The zero-order valence-electron chi connectivity index (χ0n) is 13.7. The molecule has 26 heavy (non-hydrogen) atoms. The number of hydrogen-bond acceptors (Lipinski definition) is 4. The number of ether oxygens (including phenoxy) is 2. The van der Waals surface area contributed by atoms with E-state index in [0.717, 1.165) is 12.1 Å². The van der Waals surface area contributed by atoms with Crippen LogP contribution in [0.5, 0.6) is 11.5 Å². The second-order valence-electron chi connectivity index (χ2n) is 4.97. The van der Waals surface area contributed by atoms with Crippen LogP contribution in [0, 0.1) is 0 Å². The molecule has 0 bridgehead atoms. The Labute approximate surface area is 155 Å². The van der Waals surface area contributed by atoms with Crippen LogP contribution in [0.1, 0.15) is 21.5 Å². The van der Waals surface area contributed by atoms with Crippen molar-refractivity contribution < 1.29 is 27.4 Å². The third-order valence-corrected chi connectivity index (χ3v) is 4.04. The Morgan fingerprint density at radius 2 is 1.77 bits per heavy atom. The summed E-state index contributed by atoms with van der Waals surface area (Å²) in [7, 11) is 2.94. The molecule has 2 aromatic carbocycles. The van der Waals surface area contributed by atoms with Gasteiger partial charge < -0.3 is 9.47 Å². The zero-order chi connectivity index (χ0) is 19.3. The zero-order valence-corrected chi connectivity index (χ0v) is 15.3. The van der Waals surface area contributed by atoms with E-state index < -0.39 is 23.2 Å². The van der Waals surface area contributed by atoms with Crippen molar-refractivity contribution in [2.24, 2.45) is 5.10 Å². The molecule has 0 aliphatic carbocycles. The van der Waals surface area contributed by atoms with Crippen LogP contribution in [0.4, 0.5) is 13.2 Å². The SMILES string of the molecule is COc1cc(Br)c(/C=N/NC(=O)c2ccccc2C(F)(F)F)cc1OC. The second kappa shape index (κ2) is 8.22. The highest BCUT2D eigenvalue weighted by Crippen LogP contribution is 2.33. The molecule has 2 rings (SSSR count). The van der Waals surface area contributed by atoms with Gasteiger partial charge in [-0.2, -0.15) is 18.3 Å². The summed E-state index contributed by atoms with van der Waals surface area (Å²) in [5, 5.41) is 3.71. The van der Waals surface area contributed by atoms with E-state index in [9.17, 15) is 18.0 Å². The molecular weight excluding hydrogens is 417 g/mol. The van der Waals surface area contributed by atoms with E-state index in [-0.39, 0.29) is 0 Å². The van der Waals surface area contributed by atoms with Crippen LogP contribution >= 0.6 is 15.9 Å². The first kappa shape index (κ1) is 19.8. The molecule has 138 valence electrons. The highest BCUT2D eigenvalue weighted by Gasteiger charge is 2.34. The summed E-state index contributed by atoms with van der Waals surface area (Å²) in [6, 6.07) is 7.72. The van der Waals surface area contributed by atoms with Crippen LogP contribution in [-0.2, 0) is 6.18 Å². The number of rotatable bonds is 5. The molecule has 0 fully saturated rings. The topological polar surface area (TPSA) is 59.9 Å². The molecule has 0 saturated heterocycles. The standard InChI is InChI=1S/C17H14BrF3N2O3/c1-25-14-7-10(13(18)8-15(14)26-2)9-22-23-16(24)11-5-3-4-6-12(11)17(19,20)21/h3-9H,1-2H3,(H,23,24)/b22-9+. The van der Waals surface area contributed by atoms with Gasteiger partial charge in [-0.3, -0.25) is 4.79 Å². The van der Waals surface area contributed by atoms with Crippen LogP contribution < -0.4 is 14.9 Å². The third kappa shape index (κ3) is 4.54. The average molecular weight is 431 g/mol. The number of benzene rings is 2. The Balaban J connectivity index is 2.21. The lowest BCUT2D eigenvalue weighted by molar-refractivity contribution is -0.137. The van der Waals surface area contributed by atoms with Gasteiger partial charge in [-0.25, -0.2) is 5.43 Å². The van der Waals surface area contributed by atoms with Crippen LogP contribution in [-0.4, -0.2) is 26.3 Å². The quantitative estimate of drug-likeness (QED) is 0.569. The molecule has 0 spiro atoms. The van der Waals surface area contributed by atoms with Gasteiger partial charge in [0.1, 0.15) is 0 Å². The summed E-state index contributed by atoms with van der Waals surface area (Å²) in [5.41, 5.74) is 1.09. The lowest BCUT2D eigenvalue weighted by Gasteiger charge is -2.11. The number of amides is 1. The fourth-order valence-electron chi connectivity index (χ4n) is 2.12. The van der Waals surface area contributed by atoms with E-state index in [1.54, 1.807) is 12.1 Å². The number of carbonyl (C=O) groups is 1. The maximum atomic E-state index is 13.0. The van der Waals surface area contributed by atoms with Gasteiger partial charge in [0.2, 0.25) is 0 Å². The lowest BCUT2D eigenvalue weighted by atomic mass is 10.1. The number of carbonyl (C=O) groups excluding carboxylic acids is 1. The van der Waals surface area contributed by atoms with Crippen molar-refractivity contribution in [1.29, 1.82) is 0 Å². The third-order valence-electron chi connectivity index (χ3n) is 3.35. The average Bonchev–Trinajstić information content (AvgIpc) is 2.61. The van der Waals surface area contributed by atoms with Crippen molar-refractivity contribution in [3.05, 3.63) is 57.6 Å². The van der Waals surface area contributed by atoms with Crippen LogP contribution in [0.15, 0.2) is 46.0 Å². The van der Waals surface area contributed by atoms with E-state index in [4.69, 9.17) is 9.47 Å². The predicted molar refractivity (Wildman–Crippen MR) is 93.8 cm³/mol. The summed E-state index contributed by atoms with van der Waals surface area (Å²) >= 11 is 3.31. The molecule has 2 aromatic rings. The van der Waals surface area contributed by atoms with Crippen molar-refractivity contribution in [2.75, 3.05) is 14.2 Å². The highest BCUT2D eigenvalue weighted by atomic mass is 79.9. The largest absolute Gasteiger partial charge is 0.493 e. The summed E-state index contributed by atoms with van der Waals surface area (Å²) in [6.45, 7) is 0. The molecule has 0 aliphatic heterocycles. The van der Waals surface area contributed by atoms with E-state index in [1.807, 2.05) is 0 Å². The van der Waals surface area contributed by atoms with Crippen molar-refractivity contribution >= 4 is 28.1 Å². The molecule has 0 heterocycles. The number of hydrazone groups is 1. The molecule has 1 amide bonds. The Bertz CT molecular complexity index is 838. The number of nitrogens with one attached hydrogen (secondary N) is 1. The van der Waals surface area contributed by atoms with Crippen LogP contribution in [0.2, 0.25) is 0 Å². The second-order valence-corrected chi connectivity index (χ2v) is 5.83.